The summed E-state index contributed by atoms with van der Waals surface area (Å²) in [6.07, 6.45) is 1.40. The first kappa shape index (κ1) is 15.2. The molecule has 0 atom stereocenters. The normalized spacial score (nSPS) is 10.3. The Morgan fingerprint density at radius 3 is 1.83 bits per heavy atom. The maximum Gasteiger partial charge on any atom is 0.325 e. The summed E-state index contributed by atoms with van der Waals surface area (Å²) in [5, 5.41) is 37.4. The molecule has 0 aliphatic heterocycles. The van der Waals surface area contributed by atoms with Gasteiger partial charge in [-0.2, -0.15) is 4.98 Å². The van der Waals surface area contributed by atoms with E-state index in [4.69, 9.17) is 9.47 Å². The quantitative estimate of drug-likeness (QED) is 0.539. The number of phenolic OH excluding ortho intramolecular Hbond substituents is 4. The lowest BCUT2D eigenvalue weighted by molar-refractivity contribution is 0.386. The number of rotatable bonds is 4. The maximum absolute atomic E-state index is 9.44. The minimum atomic E-state index is -0.334. The first-order valence-electron chi connectivity index (χ1n) is 6.74. The van der Waals surface area contributed by atoms with Crippen LogP contribution in [0.25, 0.3) is 0 Å². The molecule has 3 aromatic rings. The fraction of sp³-hybridized carbons (Fsp3) is 0. The first-order valence-corrected chi connectivity index (χ1v) is 6.74. The number of hydrogen-bond donors (Lipinski definition) is 4. The fourth-order valence-electron chi connectivity index (χ4n) is 1.79. The summed E-state index contributed by atoms with van der Waals surface area (Å²) in [5.41, 5.74) is 0. The molecule has 3 rings (SSSR count). The third-order valence-electron chi connectivity index (χ3n) is 2.93. The molecule has 0 bridgehead atoms. The second kappa shape index (κ2) is 6.21. The van der Waals surface area contributed by atoms with Crippen molar-refractivity contribution in [1.82, 2.24) is 9.97 Å². The Kier molecular flexibility index (Phi) is 3.94. The average Bonchev–Trinajstić information content (AvgIpc) is 2.55. The molecule has 1 aromatic heterocycles. The number of hydrogen-bond acceptors (Lipinski definition) is 8. The Bertz CT molecular complexity index is 815. The number of benzene rings is 2. The lowest BCUT2D eigenvalue weighted by atomic mass is 10.3. The molecule has 24 heavy (non-hydrogen) atoms. The van der Waals surface area contributed by atoms with E-state index in [0.717, 1.165) is 0 Å². The van der Waals surface area contributed by atoms with Crippen LogP contribution in [0.3, 0.4) is 0 Å². The van der Waals surface area contributed by atoms with Crippen LogP contribution in [0.1, 0.15) is 0 Å². The topological polar surface area (TPSA) is 125 Å². The molecule has 8 nitrogen and oxygen atoms in total. The van der Waals surface area contributed by atoms with Crippen molar-refractivity contribution >= 4 is 0 Å². The van der Waals surface area contributed by atoms with Gasteiger partial charge in [0, 0.05) is 24.4 Å². The zero-order valence-corrected chi connectivity index (χ0v) is 12.1. The molecule has 2 aromatic carbocycles. The summed E-state index contributed by atoms with van der Waals surface area (Å²) in [4.78, 5) is 7.94. The molecular formula is C16H12N2O6. The molecular weight excluding hydrogens is 316 g/mol. The molecule has 0 spiro atoms. The van der Waals surface area contributed by atoms with E-state index >= 15 is 0 Å². The van der Waals surface area contributed by atoms with Crippen molar-refractivity contribution in [3.63, 3.8) is 0 Å². The van der Waals surface area contributed by atoms with E-state index in [1.807, 2.05) is 0 Å². The van der Waals surface area contributed by atoms with Crippen LogP contribution < -0.4 is 9.47 Å². The Hall–Kier alpha value is -3.68. The van der Waals surface area contributed by atoms with Crippen LogP contribution in [0, 0.1) is 0 Å². The molecule has 4 N–H and O–H groups in total. The van der Waals surface area contributed by atoms with Gasteiger partial charge >= 0.3 is 6.01 Å². The molecule has 0 aliphatic carbocycles. The molecule has 122 valence electrons. The zero-order chi connectivity index (χ0) is 17.1. The van der Waals surface area contributed by atoms with Crippen molar-refractivity contribution in [3.8, 4) is 46.4 Å². The second-order valence-electron chi connectivity index (χ2n) is 4.68. The van der Waals surface area contributed by atoms with Crippen LogP contribution in [0.4, 0.5) is 0 Å². The van der Waals surface area contributed by atoms with E-state index < -0.39 is 0 Å². The summed E-state index contributed by atoms with van der Waals surface area (Å²) in [6.45, 7) is 0. The summed E-state index contributed by atoms with van der Waals surface area (Å²) < 4.78 is 10.8. The highest BCUT2D eigenvalue weighted by Crippen LogP contribution is 2.32. The SMILES string of the molecule is Oc1ccc(Oc2ccnc(Oc3ccc(O)c(O)c3)n2)cc1O. The number of ether oxygens (including phenoxy) is 2. The van der Waals surface area contributed by atoms with Crippen LogP contribution in [-0.4, -0.2) is 30.4 Å². The summed E-state index contributed by atoms with van der Waals surface area (Å²) >= 11 is 0. The van der Waals surface area contributed by atoms with Crippen LogP contribution in [0.15, 0.2) is 48.7 Å². The minimum Gasteiger partial charge on any atom is -0.504 e. The lowest BCUT2D eigenvalue weighted by Crippen LogP contribution is -1.94. The van der Waals surface area contributed by atoms with Crippen molar-refractivity contribution in [2.75, 3.05) is 0 Å². The highest BCUT2D eigenvalue weighted by atomic mass is 16.5. The van der Waals surface area contributed by atoms with Crippen molar-refractivity contribution in [2.24, 2.45) is 0 Å². The molecule has 0 radical (unpaired) electrons. The van der Waals surface area contributed by atoms with Gasteiger partial charge in [-0.15, -0.1) is 0 Å². The van der Waals surface area contributed by atoms with Gasteiger partial charge in [-0.25, -0.2) is 4.98 Å². The van der Waals surface area contributed by atoms with Gasteiger partial charge in [-0.05, 0) is 24.3 Å². The predicted molar refractivity (Wildman–Crippen MR) is 81.7 cm³/mol. The van der Waals surface area contributed by atoms with Gasteiger partial charge < -0.3 is 29.9 Å². The van der Waals surface area contributed by atoms with Crippen molar-refractivity contribution < 1.29 is 29.9 Å². The van der Waals surface area contributed by atoms with Crippen LogP contribution in [-0.2, 0) is 0 Å². The molecule has 0 saturated heterocycles. The summed E-state index contributed by atoms with van der Waals surface area (Å²) in [7, 11) is 0. The van der Waals surface area contributed by atoms with E-state index in [1.54, 1.807) is 0 Å². The molecule has 1 heterocycles. The summed E-state index contributed by atoms with van der Waals surface area (Å²) in [5.74, 6) is -0.555. The van der Waals surface area contributed by atoms with E-state index in [9.17, 15) is 20.4 Å². The van der Waals surface area contributed by atoms with E-state index in [0.29, 0.717) is 0 Å². The maximum atomic E-state index is 9.44. The minimum absolute atomic E-state index is 0.0411. The largest absolute Gasteiger partial charge is 0.504 e. The van der Waals surface area contributed by atoms with Crippen LogP contribution >= 0.6 is 0 Å². The monoisotopic (exact) mass is 328 g/mol. The van der Waals surface area contributed by atoms with Gasteiger partial charge in [0.05, 0.1) is 0 Å². The van der Waals surface area contributed by atoms with E-state index in [1.165, 1.54) is 48.7 Å². The van der Waals surface area contributed by atoms with Gasteiger partial charge in [-0.1, -0.05) is 0 Å². The Morgan fingerprint density at radius 1 is 0.667 bits per heavy atom. The lowest BCUT2D eigenvalue weighted by Gasteiger charge is -2.08. The molecule has 0 unspecified atom stereocenters. The highest BCUT2D eigenvalue weighted by molar-refractivity contribution is 5.45. The third kappa shape index (κ3) is 3.38. The third-order valence-corrected chi connectivity index (χ3v) is 2.93. The standard InChI is InChI=1S/C16H12N2O6/c19-11-3-1-9(7-13(11)21)23-15-5-6-17-16(18-15)24-10-2-4-12(20)14(22)8-10/h1-8,19-22H. The average molecular weight is 328 g/mol. The molecule has 0 saturated carbocycles. The first-order chi connectivity index (χ1) is 11.5. The molecule has 0 aliphatic rings. The number of aromatic nitrogens is 2. The zero-order valence-electron chi connectivity index (χ0n) is 12.1. The molecule has 0 fully saturated rings. The predicted octanol–water partition coefficient (Wildman–Crippen LogP) is 2.88. The van der Waals surface area contributed by atoms with Crippen LogP contribution in [0.2, 0.25) is 0 Å². The Morgan fingerprint density at radius 2 is 1.25 bits per heavy atom. The van der Waals surface area contributed by atoms with Gasteiger partial charge in [0.25, 0.3) is 0 Å². The number of nitrogens with zero attached hydrogens (tertiary/aromatic N) is 2. The van der Waals surface area contributed by atoms with Gasteiger partial charge in [0.2, 0.25) is 5.88 Å². The van der Waals surface area contributed by atoms with E-state index in [-0.39, 0.29) is 46.4 Å². The Balaban J connectivity index is 1.78. The number of phenols is 4. The highest BCUT2D eigenvalue weighted by Gasteiger charge is 2.08. The fourth-order valence-corrected chi connectivity index (χ4v) is 1.79. The van der Waals surface area contributed by atoms with Crippen molar-refractivity contribution in [3.05, 3.63) is 48.7 Å². The molecule has 0 amide bonds. The number of aromatic hydroxyl groups is 4. The summed E-state index contributed by atoms with van der Waals surface area (Å²) in [6, 6.07) is 9.32. The van der Waals surface area contributed by atoms with E-state index in [2.05, 4.69) is 9.97 Å². The van der Waals surface area contributed by atoms with Gasteiger partial charge in [0.1, 0.15) is 11.5 Å². The molecule has 8 heteroatoms. The Labute approximate surface area is 135 Å². The van der Waals surface area contributed by atoms with Gasteiger partial charge in [-0.3, -0.25) is 0 Å². The second-order valence-corrected chi connectivity index (χ2v) is 4.68. The van der Waals surface area contributed by atoms with Crippen LogP contribution in [0.5, 0.6) is 46.4 Å². The van der Waals surface area contributed by atoms with Crippen molar-refractivity contribution in [2.45, 2.75) is 0 Å². The van der Waals surface area contributed by atoms with Gasteiger partial charge in [0.15, 0.2) is 23.0 Å². The smallest absolute Gasteiger partial charge is 0.325 e. The van der Waals surface area contributed by atoms with Crippen molar-refractivity contribution in [1.29, 1.82) is 0 Å².